The third kappa shape index (κ3) is 2.34. The fourth-order valence-corrected chi connectivity index (χ4v) is 1.27. The van der Waals surface area contributed by atoms with E-state index in [2.05, 4.69) is 12.0 Å². The van der Waals surface area contributed by atoms with Gasteiger partial charge in [0.15, 0.2) is 0 Å². The predicted octanol–water partition coefficient (Wildman–Crippen LogP) is 1.32. The Morgan fingerprint density at radius 3 is 2.92 bits per heavy atom. The molecular formula is C9H17N3. The van der Waals surface area contributed by atoms with Crippen LogP contribution in [0.15, 0.2) is 12.3 Å². The summed E-state index contributed by atoms with van der Waals surface area (Å²) in [6, 6.07) is 2.24. The summed E-state index contributed by atoms with van der Waals surface area (Å²) >= 11 is 0. The lowest BCUT2D eigenvalue weighted by Crippen LogP contribution is -2.26. The van der Waals surface area contributed by atoms with E-state index in [-0.39, 0.29) is 6.04 Å². The van der Waals surface area contributed by atoms with Gasteiger partial charge in [-0.05, 0) is 19.4 Å². The molecule has 1 aromatic rings. The van der Waals surface area contributed by atoms with Crippen LogP contribution in [-0.4, -0.2) is 15.8 Å². The first kappa shape index (κ1) is 9.26. The quantitative estimate of drug-likeness (QED) is 0.735. The molecule has 12 heavy (non-hydrogen) atoms. The van der Waals surface area contributed by atoms with E-state index in [1.807, 2.05) is 23.9 Å². The van der Waals surface area contributed by atoms with Crippen LogP contribution in [0, 0.1) is 6.92 Å². The van der Waals surface area contributed by atoms with Crippen LogP contribution in [0.2, 0.25) is 0 Å². The summed E-state index contributed by atoms with van der Waals surface area (Å²) < 4.78 is 1.96. The summed E-state index contributed by atoms with van der Waals surface area (Å²) in [5, 5.41) is 4.17. The third-order valence-corrected chi connectivity index (χ3v) is 2.00. The molecule has 1 heterocycles. The monoisotopic (exact) mass is 167 g/mol. The first-order valence-electron chi connectivity index (χ1n) is 4.48. The second kappa shape index (κ2) is 4.26. The second-order valence-electron chi connectivity index (χ2n) is 3.20. The zero-order chi connectivity index (χ0) is 8.97. The Hall–Kier alpha value is -0.830. The zero-order valence-corrected chi connectivity index (χ0v) is 7.83. The minimum absolute atomic E-state index is 0.244. The van der Waals surface area contributed by atoms with Crippen molar-refractivity contribution in [2.24, 2.45) is 5.73 Å². The lowest BCUT2D eigenvalue weighted by molar-refractivity contribution is 0.474. The molecule has 0 aliphatic rings. The van der Waals surface area contributed by atoms with E-state index in [9.17, 15) is 0 Å². The van der Waals surface area contributed by atoms with Gasteiger partial charge >= 0.3 is 0 Å². The summed E-state index contributed by atoms with van der Waals surface area (Å²) in [4.78, 5) is 0. The van der Waals surface area contributed by atoms with Crippen LogP contribution >= 0.6 is 0 Å². The van der Waals surface area contributed by atoms with Crippen molar-refractivity contribution >= 4 is 0 Å². The average Bonchev–Trinajstić information content (AvgIpc) is 2.37. The normalized spacial score (nSPS) is 13.2. The molecule has 1 atom stereocenters. The molecule has 0 aromatic carbocycles. The number of aromatic nitrogens is 2. The molecule has 68 valence electrons. The van der Waals surface area contributed by atoms with Crippen LogP contribution in [0.3, 0.4) is 0 Å². The Labute approximate surface area is 73.6 Å². The fraction of sp³-hybridized carbons (Fsp3) is 0.667. The van der Waals surface area contributed by atoms with Crippen LogP contribution in [0.1, 0.15) is 25.5 Å². The number of hydrogen-bond donors (Lipinski definition) is 1. The lowest BCUT2D eigenvalue weighted by Gasteiger charge is -2.11. The second-order valence-corrected chi connectivity index (χ2v) is 3.20. The van der Waals surface area contributed by atoms with Gasteiger partial charge in [0, 0.05) is 17.9 Å². The van der Waals surface area contributed by atoms with E-state index in [4.69, 9.17) is 5.73 Å². The Morgan fingerprint density at radius 2 is 2.42 bits per heavy atom. The highest BCUT2D eigenvalue weighted by Gasteiger charge is 2.03. The number of rotatable bonds is 4. The van der Waals surface area contributed by atoms with E-state index in [1.165, 1.54) is 5.69 Å². The molecule has 1 aromatic heterocycles. The fourth-order valence-electron chi connectivity index (χ4n) is 1.27. The van der Waals surface area contributed by atoms with Gasteiger partial charge in [0.2, 0.25) is 0 Å². The summed E-state index contributed by atoms with van der Waals surface area (Å²) in [6.45, 7) is 5.04. The first-order valence-corrected chi connectivity index (χ1v) is 4.48. The number of nitrogens with two attached hydrogens (primary N) is 1. The summed E-state index contributed by atoms with van der Waals surface area (Å²) in [6.07, 6.45) is 4.02. The molecule has 0 spiro atoms. The molecule has 1 rings (SSSR count). The molecule has 0 amide bonds. The average molecular weight is 167 g/mol. The van der Waals surface area contributed by atoms with E-state index in [1.54, 1.807) is 0 Å². The minimum atomic E-state index is 0.244. The van der Waals surface area contributed by atoms with Gasteiger partial charge in [0.05, 0.1) is 6.54 Å². The molecule has 0 saturated heterocycles. The van der Waals surface area contributed by atoms with E-state index in [0.717, 1.165) is 19.4 Å². The maximum atomic E-state index is 5.88. The molecule has 0 fully saturated rings. The number of aryl methyl sites for hydroxylation is 1. The largest absolute Gasteiger partial charge is 0.326 e. The molecule has 0 aliphatic heterocycles. The van der Waals surface area contributed by atoms with Gasteiger partial charge in [0.25, 0.3) is 0 Å². The molecule has 3 heteroatoms. The SMILES string of the molecule is CCCC(N)Cn1nccc1C. The molecule has 0 bridgehead atoms. The topological polar surface area (TPSA) is 43.8 Å². The lowest BCUT2D eigenvalue weighted by atomic mass is 10.2. The van der Waals surface area contributed by atoms with Gasteiger partial charge in [-0.15, -0.1) is 0 Å². The number of nitrogens with zero attached hydrogens (tertiary/aromatic N) is 2. The van der Waals surface area contributed by atoms with Crippen LogP contribution in [-0.2, 0) is 6.54 Å². The molecule has 1 unspecified atom stereocenters. The first-order chi connectivity index (χ1) is 5.74. The highest BCUT2D eigenvalue weighted by molar-refractivity contribution is 4.96. The summed E-state index contributed by atoms with van der Waals surface area (Å²) in [5.41, 5.74) is 7.07. The van der Waals surface area contributed by atoms with Crippen LogP contribution < -0.4 is 5.73 Å². The summed E-state index contributed by atoms with van der Waals surface area (Å²) in [5.74, 6) is 0. The van der Waals surface area contributed by atoms with Crippen molar-refractivity contribution in [2.75, 3.05) is 0 Å². The van der Waals surface area contributed by atoms with Gasteiger partial charge in [-0.25, -0.2) is 0 Å². The standard InChI is InChI=1S/C9H17N3/c1-3-4-9(10)7-12-8(2)5-6-11-12/h5-6,9H,3-4,7,10H2,1-2H3. The minimum Gasteiger partial charge on any atom is -0.326 e. The Kier molecular flexibility index (Phi) is 3.29. The van der Waals surface area contributed by atoms with Gasteiger partial charge in [0.1, 0.15) is 0 Å². The smallest absolute Gasteiger partial charge is 0.0563 e. The predicted molar refractivity (Wildman–Crippen MR) is 49.8 cm³/mol. The summed E-state index contributed by atoms with van der Waals surface area (Å²) in [7, 11) is 0. The molecule has 0 aliphatic carbocycles. The van der Waals surface area contributed by atoms with E-state index in [0.29, 0.717) is 0 Å². The molecule has 0 saturated carbocycles. The Balaban J connectivity index is 2.46. The van der Waals surface area contributed by atoms with Crippen LogP contribution in [0.25, 0.3) is 0 Å². The van der Waals surface area contributed by atoms with E-state index >= 15 is 0 Å². The van der Waals surface area contributed by atoms with E-state index < -0.39 is 0 Å². The van der Waals surface area contributed by atoms with Crippen LogP contribution in [0.5, 0.6) is 0 Å². The molecule has 2 N–H and O–H groups in total. The van der Waals surface area contributed by atoms with Crippen molar-refractivity contribution in [1.29, 1.82) is 0 Å². The highest BCUT2D eigenvalue weighted by Crippen LogP contribution is 2.00. The zero-order valence-electron chi connectivity index (χ0n) is 7.83. The van der Waals surface area contributed by atoms with Gasteiger partial charge in [-0.2, -0.15) is 5.10 Å². The Bertz CT molecular complexity index is 229. The van der Waals surface area contributed by atoms with Crippen molar-refractivity contribution < 1.29 is 0 Å². The third-order valence-electron chi connectivity index (χ3n) is 2.00. The van der Waals surface area contributed by atoms with Crippen molar-refractivity contribution in [1.82, 2.24) is 9.78 Å². The van der Waals surface area contributed by atoms with Gasteiger partial charge in [-0.3, -0.25) is 4.68 Å². The maximum absolute atomic E-state index is 5.88. The van der Waals surface area contributed by atoms with Crippen molar-refractivity contribution in [2.45, 2.75) is 39.3 Å². The molecule has 0 radical (unpaired) electrons. The van der Waals surface area contributed by atoms with Gasteiger partial charge in [-0.1, -0.05) is 13.3 Å². The maximum Gasteiger partial charge on any atom is 0.0563 e. The van der Waals surface area contributed by atoms with Crippen molar-refractivity contribution in [3.63, 3.8) is 0 Å². The van der Waals surface area contributed by atoms with Crippen molar-refractivity contribution in [3.8, 4) is 0 Å². The van der Waals surface area contributed by atoms with Gasteiger partial charge < -0.3 is 5.73 Å². The number of hydrogen-bond acceptors (Lipinski definition) is 2. The van der Waals surface area contributed by atoms with Crippen LogP contribution in [0.4, 0.5) is 0 Å². The van der Waals surface area contributed by atoms with Crippen molar-refractivity contribution in [3.05, 3.63) is 18.0 Å². The highest BCUT2D eigenvalue weighted by atomic mass is 15.3. The molecular weight excluding hydrogens is 150 g/mol. The Morgan fingerprint density at radius 1 is 1.67 bits per heavy atom. The molecule has 3 nitrogen and oxygen atoms in total.